The van der Waals surface area contributed by atoms with E-state index in [9.17, 15) is 9.59 Å². The summed E-state index contributed by atoms with van der Waals surface area (Å²) in [5.74, 6) is -0.845. The number of carbonyl (C=O) groups is 2. The lowest BCUT2D eigenvalue weighted by Gasteiger charge is -2.11. The second-order valence-electron chi connectivity index (χ2n) is 3.34. The topological polar surface area (TPSA) is 81.4 Å². The lowest BCUT2D eigenvalue weighted by atomic mass is 10.2. The first-order chi connectivity index (χ1) is 7.54. The number of benzene rings is 1. The monoisotopic (exact) mass is 222 g/mol. The molecule has 0 saturated heterocycles. The van der Waals surface area contributed by atoms with Crippen molar-refractivity contribution in [3.05, 3.63) is 29.8 Å². The van der Waals surface area contributed by atoms with Gasteiger partial charge in [0, 0.05) is 11.3 Å². The standard InChI is InChI=1S/C11H14N2O3/c1-7(11(15)16-2)13-10(14)8-4-3-5-9(12)6-8/h3-7H,12H2,1-2H3,(H,13,14). The number of ether oxygens (including phenoxy) is 1. The Morgan fingerprint density at radius 2 is 2.12 bits per heavy atom. The van der Waals surface area contributed by atoms with Crippen LogP contribution in [-0.2, 0) is 9.53 Å². The van der Waals surface area contributed by atoms with Gasteiger partial charge in [0.1, 0.15) is 6.04 Å². The molecular formula is C11H14N2O3. The van der Waals surface area contributed by atoms with Crippen molar-refractivity contribution in [2.45, 2.75) is 13.0 Å². The number of amides is 1. The molecule has 1 unspecified atom stereocenters. The van der Waals surface area contributed by atoms with Crippen LogP contribution < -0.4 is 11.1 Å². The smallest absolute Gasteiger partial charge is 0.328 e. The summed E-state index contributed by atoms with van der Waals surface area (Å²) >= 11 is 0. The van der Waals surface area contributed by atoms with Gasteiger partial charge in [-0.05, 0) is 25.1 Å². The molecule has 0 saturated carbocycles. The number of methoxy groups -OCH3 is 1. The number of hydrogen-bond donors (Lipinski definition) is 2. The Labute approximate surface area is 93.6 Å². The maximum absolute atomic E-state index is 11.7. The van der Waals surface area contributed by atoms with Crippen LogP contribution >= 0.6 is 0 Å². The average Bonchev–Trinajstić information content (AvgIpc) is 2.27. The van der Waals surface area contributed by atoms with E-state index in [4.69, 9.17) is 5.73 Å². The second-order valence-corrected chi connectivity index (χ2v) is 3.34. The van der Waals surface area contributed by atoms with Crippen LogP contribution in [0.1, 0.15) is 17.3 Å². The van der Waals surface area contributed by atoms with Crippen LogP contribution in [0, 0.1) is 0 Å². The van der Waals surface area contributed by atoms with E-state index in [0.29, 0.717) is 11.3 Å². The molecule has 0 aliphatic carbocycles. The van der Waals surface area contributed by atoms with Gasteiger partial charge < -0.3 is 15.8 Å². The minimum Gasteiger partial charge on any atom is -0.467 e. The van der Waals surface area contributed by atoms with E-state index < -0.39 is 12.0 Å². The van der Waals surface area contributed by atoms with Crippen LogP contribution in [0.25, 0.3) is 0 Å². The van der Waals surface area contributed by atoms with Gasteiger partial charge in [0.25, 0.3) is 5.91 Å². The predicted molar refractivity (Wildman–Crippen MR) is 59.8 cm³/mol. The Morgan fingerprint density at radius 3 is 2.69 bits per heavy atom. The van der Waals surface area contributed by atoms with Crippen LogP contribution in [0.4, 0.5) is 5.69 Å². The van der Waals surface area contributed by atoms with Crippen LogP contribution in [0.15, 0.2) is 24.3 Å². The summed E-state index contributed by atoms with van der Waals surface area (Å²) in [6.07, 6.45) is 0. The van der Waals surface area contributed by atoms with Crippen molar-refractivity contribution in [2.75, 3.05) is 12.8 Å². The van der Waals surface area contributed by atoms with Gasteiger partial charge in [-0.25, -0.2) is 4.79 Å². The third-order valence-electron chi connectivity index (χ3n) is 2.05. The molecule has 1 rings (SSSR count). The van der Waals surface area contributed by atoms with Gasteiger partial charge in [0.2, 0.25) is 0 Å². The Morgan fingerprint density at radius 1 is 1.44 bits per heavy atom. The number of esters is 1. The fourth-order valence-corrected chi connectivity index (χ4v) is 1.20. The SMILES string of the molecule is COC(=O)C(C)NC(=O)c1cccc(N)c1. The Hall–Kier alpha value is -2.04. The summed E-state index contributed by atoms with van der Waals surface area (Å²) in [6.45, 7) is 1.55. The van der Waals surface area contributed by atoms with Crippen LogP contribution in [0.2, 0.25) is 0 Å². The van der Waals surface area contributed by atoms with Gasteiger partial charge in [-0.2, -0.15) is 0 Å². The van der Waals surface area contributed by atoms with Gasteiger partial charge in [0.15, 0.2) is 0 Å². The molecule has 0 spiro atoms. The van der Waals surface area contributed by atoms with E-state index >= 15 is 0 Å². The normalized spacial score (nSPS) is 11.6. The maximum atomic E-state index is 11.7. The van der Waals surface area contributed by atoms with Crippen molar-refractivity contribution in [1.82, 2.24) is 5.32 Å². The largest absolute Gasteiger partial charge is 0.467 e. The van der Waals surface area contributed by atoms with Crippen LogP contribution in [0.3, 0.4) is 0 Å². The van der Waals surface area contributed by atoms with Crippen molar-refractivity contribution in [3.8, 4) is 0 Å². The second kappa shape index (κ2) is 5.16. The quantitative estimate of drug-likeness (QED) is 0.578. The molecule has 0 radical (unpaired) electrons. The summed E-state index contributed by atoms with van der Waals surface area (Å²) < 4.78 is 4.49. The zero-order valence-corrected chi connectivity index (χ0v) is 9.19. The van der Waals surface area contributed by atoms with Crippen LogP contribution in [0.5, 0.6) is 0 Å². The first-order valence-electron chi connectivity index (χ1n) is 4.79. The molecule has 0 aromatic heterocycles. The highest BCUT2D eigenvalue weighted by Crippen LogP contribution is 2.06. The zero-order chi connectivity index (χ0) is 12.1. The number of nitrogens with two attached hydrogens (primary N) is 1. The van der Waals surface area contributed by atoms with E-state index in [2.05, 4.69) is 10.1 Å². The summed E-state index contributed by atoms with van der Waals surface area (Å²) in [5.41, 5.74) is 6.45. The van der Waals surface area contributed by atoms with Gasteiger partial charge >= 0.3 is 5.97 Å². The molecule has 5 heteroatoms. The molecule has 0 aliphatic rings. The number of nitrogens with one attached hydrogen (secondary N) is 1. The minimum atomic E-state index is -0.682. The van der Waals surface area contributed by atoms with Gasteiger partial charge in [-0.15, -0.1) is 0 Å². The van der Waals surface area contributed by atoms with Gasteiger partial charge in [-0.1, -0.05) is 6.07 Å². The fraction of sp³-hybridized carbons (Fsp3) is 0.273. The minimum absolute atomic E-state index is 0.356. The van der Waals surface area contributed by atoms with Crippen molar-refractivity contribution in [2.24, 2.45) is 0 Å². The Bertz CT molecular complexity index is 404. The molecule has 3 N–H and O–H groups in total. The molecule has 1 aromatic rings. The average molecular weight is 222 g/mol. The molecule has 0 fully saturated rings. The number of carbonyl (C=O) groups excluding carboxylic acids is 2. The number of hydrogen-bond acceptors (Lipinski definition) is 4. The lowest BCUT2D eigenvalue weighted by molar-refractivity contribution is -0.142. The van der Waals surface area contributed by atoms with Gasteiger partial charge in [0.05, 0.1) is 7.11 Å². The number of rotatable bonds is 3. The fourth-order valence-electron chi connectivity index (χ4n) is 1.20. The Balaban J connectivity index is 2.69. The van der Waals surface area contributed by atoms with Gasteiger partial charge in [-0.3, -0.25) is 4.79 Å². The third kappa shape index (κ3) is 2.98. The molecule has 0 heterocycles. The third-order valence-corrected chi connectivity index (χ3v) is 2.05. The zero-order valence-electron chi connectivity index (χ0n) is 9.19. The highest BCUT2D eigenvalue weighted by molar-refractivity contribution is 5.97. The molecule has 0 aliphatic heterocycles. The van der Waals surface area contributed by atoms with E-state index in [1.54, 1.807) is 31.2 Å². The summed E-state index contributed by atoms with van der Waals surface area (Å²) in [4.78, 5) is 22.7. The summed E-state index contributed by atoms with van der Waals surface area (Å²) in [5, 5.41) is 2.51. The van der Waals surface area contributed by atoms with Crippen LogP contribution in [-0.4, -0.2) is 25.0 Å². The highest BCUT2D eigenvalue weighted by atomic mass is 16.5. The van der Waals surface area contributed by atoms with E-state index in [0.717, 1.165) is 0 Å². The molecule has 0 bridgehead atoms. The molecule has 1 aromatic carbocycles. The van der Waals surface area contributed by atoms with Crippen molar-refractivity contribution < 1.29 is 14.3 Å². The van der Waals surface area contributed by atoms with Crippen molar-refractivity contribution in [1.29, 1.82) is 0 Å². The number of nitrogen functional groups attached to an aromatic ring is 1. The highest BCUT2D eigenvalue weighted by Gasteiger charge is 2.16. The molecule has 86 valence electrons. The van der Waals surface area contributed by atoms with E-state index in [1.807, 2.05) is 0 Å². The van der Waals surface area contributed by atoms with E-state index in [1.165, 1.54) is 7.11 Å². The van der Waals surface area contributed by atoms with E-state index in [-0.39, 0.29) is 5.91 Å². The first kappa shape index (κ1) is 12.0. The molecule has 16 heavy (non-hydrogen) atoms. The van der Waals surface area contributed by atoms with Crippen molar-refractivity contribution in [3.63, 3.8) is 0 Å². The molecule has 5 nitrogen and oxygen atoms in total. The molecule has 1 amide bonds. The first-order valence-corrected chi connectivity index (χ1v) is 4.79. The van der Waals surface area contributed by atoms with Crippen molar-refractivity contribution >= 4 is 17.6 Å². The molecular weight excluding hydrogens is 208 g/mol. The number of anilines is 1. The summed E-state index contributed by atoms with van der Waals surface area (Å²) in [6, 6.07) is 5.83. The molecule has 1 atom stereocenters. The maximum Gasteiger partial charge on any atom is 0.328 e. The summed E-state index contributed by atoms with van der Waals surface area (Å²) in [7, 11) is 1.27. The Kier molecular flexibility index (Phi) is 3.88. The lowest BCUT2D eigenvalue weighted by Crippen LogP contribution is -2.39. The predicted octanol–water partition coefficient (Wildman–Crippen LogP) is 0.560.